The van der Waals surface area contributed by atoms with Crippen LogP contribution in [0.5, 0.6) is 0 Å². The molecule has 4 aromatic rings. The highest BCUT2D eigenvalue weighted by molar-refractivity contribution is 7.89. The van der Waals surface area contributed by atoms with E-state index in [2.05, 4.69) is 20.0 Å². The quantitative estimate of drug-likeness (QED) is 0.397. The number of carbonyl (C=O) groups is 1. The summed E-state index contributed by atoms with van der Waals surface area (Å²) in [6, 6.07) is 21.0. The number of sulfonamides is 1. The van der Waals surface area contributed by atoms with E-state index < -0.39 is 10.0 Å². The Morgan fingerprint density at radius 1 is 1.00 bits per heavy atom. The number of carbonyl (C=O) groups excluding carboxylic acids is 1. The molecule has 1 heterocycles. The average molecular weight is 447 g/mol. The Morgan fingerprint density at radius 3 is 2.44 bits per heavy atom. The van der Waals surface area contributed by atoms with Crippen molar-refractivity contribution in [1.82, 2.24) is 14.7 Å². The summed E-state index contributed by atoms with van der Waals surface area (Å²) >= 11 is 0. The highest BCUT2D eigenvalue weighted by atomic mass is 32.2. The van der Waals surface area contributed by atoms with E-state index in [1.807, 2.05) is 42.5 Å². The molecule has 32 heavy (non-hydrogen) atoms. The van der Waals surface area contributed by atoms with Gasteiger partial charge in [-0.2, -0.15) is 0 Å². The number of hydrogen-bond donors (Lipinski definition) is 3. The van der Waals surface area contributed by atoms with Gasteiger partial charge >= 0.3 is 0 Å². The summed E-state index contributed by atoms with van der Waals surface area (Å²) in [6.45, 7) is 1.93. The molecular formula is C24H22N4O3S. The van der Waals surface area contributed by atoms with Crippen LogP contribution >= 0.6 is 0 Å². The third kappa shape index (κ3) is 4.93. The molecule has 1 amide bonds. The highest BCUT2D eigenvalue weighted by Gasteiger charge is 2.18. The predicted octanol–water partition coefficient (Wildman–Crippen LogP) is 4.12. The van der Waals surface area contributed by atoms with E-state index in [1.54, 1.807) is 37.5 Å². The van der Waals surface area contributed by atoms with Crippen molar-refractivity contribution >= 4 is 21.6 Å². The van der Waals surface area contributed by atoms with Crippen molar-refractivity contribution in [1.29, 1.82) is 0 Å². The Labute approximate surface area is 186 Å². The first-order valence-electron chi connectivity index (χ1n) is 9.98. The van der Waals surface area contributed by atoms with Crippen LogP contribution in [0.2, 0.25) is 0 Å². The zero-order chi connectivity index (χ0) is 22.6. The summed E-state index contributed by atoms with van der Waals surface area (Å²) in [5.74, 6) is 0.355. The van der Waals surface area contributed by atoms with Crippen molar-refractivity contribution < 1.29 is 13.2 Å². The van der Waals surface area contributed by atoms with Gasteiger partial charge in [0.1, 0.15) is 5.82 Å². The van der Waals surface area contributed by atoms with E-state index in [-0.39, 0.29) is 17.3 Å². The van der Waals surface area contributed by atoms with Gasteiger partial charge in [0.15, 0.2) is 0 Å². The summed E-state index contributed by atoms with van der Waals surface area (Å²) in [7, 11) is -3.78. The Hall–Kier alpha value is -3.75. The Morgan fingerprint density at radius 2 is 1.75 bits per heavy atom. The van der Waals surface area contributed by atoms with Gasteiger partial charge in [0.25, 0.3) is 5.91 Å². The van der Waals surface area contributed by atoms with E-state index in [4.69, 9.17) is 0 Å². The van der Waals surface area contributed by atoms with E-state index in [0.29, 0.717) is 16.8 Å². The molecule has 8 heteroatoms. The number of anilines is 1. The summed E-state index contributed by atoms with van der Waals surface area (Å²) in [5, 5.41) is 2.82. The lowest BCUT2D eigenvalue weighted by atomic mass is 10.1. The lowest BCUT2D eigenvalue weighted by Gasteiger charge is -2.12. The van der Waals surface area contributed by atoms with Crippen LogP contribution in [0.25, 0.3) is 11.4 Å². The monoisotopic (exact) mass is 446 g/mol. The van der Waals surface area contributed by atoms with Crippen molar-refractivity contribution in [3.8, 4) is 11.4 Å². The van der Waals surface area contributed by atoms with Gasteiger partial charge in [0.05, 0.1) is 4.90 Å². The second-order valence-corrected chi connectivity index (χ2v) is 9.02. The number of benzene rings is 3. The predicted molar refractivity (Wildman–Crippen MR) is 124 cm³/mol. The molecule has 0 radical (unpaired) electrons. The maximum atomic E-state index is 12.9. The van der Waals surface area contributed by atoms with Gasteiger partial charge in [0.2, 0.25) is 10.0 Å². The molecule has 4 rings (SSSR count). The molecular weight excluding hydrogens is 424 g/mol. The molecule has 0 aliphatic rings. The topological polar surface area (TPSA) is 104 Å². The highest BCUT2D eigenvalue weighted by Crippen LogP contribution is 2.20. The summed E-state index contributed by atoms with van der Waals surface area (Å²) < 4.78 is 28.1. The van der Waals surface area contributed by atoms with Gasteiger partial charge in [-0.05, 0) is 54.4 Å². The Kier molecular flexibility index (Phi) is 6.16. The summed E-state index contributed by atoms with van der Waals surface area (Å²) in [4.78, 5) is 20.1. The van der Waals surface area contributed by atoms with E-state index in [0.717, 1.165) is 17.0 Å². The molecule has 0 atom stereocenters. The number of nitrogens with one attached hydrogen (secondary N) is 3. The number of aromatic amines is 1. The maximum absolute atomic E-state index is 12.9. The van der Waals surface area contributed by atoms with Crippen molar-refractivity contribution in [2.24, 2.45) is 0 Å². The summed E-state index contributed by atoms with van der Waals surface area (Å²) in [5.41, 5.74) is 3.31. The fourth-order valence-electron chi connectivity index (χ4n) is 3.20. The fourth-order valence-corrected chi connectivity index (χ4v) is 4.25. The van der Waals surface area contributed by atoms with E-state index >= 15 is 0 Å². The minimum Gasteiger partial charge on any atom is -0.345 e. The number of H-pyrrole nitrogens is 1. The van der Waals surface area contributed by atoms with Crippen LogP contribution in [-0.2, 0) is 16.6 Å². The molecule has 1 aromatic heterocycles. The van der Waals surface area contributed by atoms with Crippen LogP contribution in [0.15, 0.2) is 90.1 Å². The van der Waals surface area contributed by atoms with Crippen molar-refractivity contribution in [3.63, 3.8) is 0 Å². The molecule has 0 saturated carbocycles. The second-order valence-electron chi connectivity index (χ2n) is 7.26. The minimum atomic E-state index is -3.78. The average Bonchev–Trinajstić information content (AvgIpc) is 3.34. The number of nitrogens with zero attached hydrogens (tertiary/aromatic N) is 1. The van der Waals surface area contributed by atoms with Crippen LogP contribution < -0.4 is 10.0 Å². The minimum absolute atomic E-state index is 0.0392. The van der Waals surface area contributed by atoms with Gasteiger partial charge in [-0.25, -0.2) is 18.1 Å². The largest absolute Gasteiger partial charge is 0.345 e. The third-order valence-electron chi connectivity index (χ3n) is 4.99. The Balaban J connectivity index is 1.49. The number of imidazole rings is 1. The van der Waals surface area contributed by atoms with Gasteiger partial charge in [-0.15, -0.1) is 0 Å². The molecule has 0 spiro atoms. The zero-order valence-corrected chi connectivity index (χ0v) is 18.2. The van der Waals surface area contributed by atoms with Crippen LogP contribution in [0, 0.1) is 6.92 Å². The molecule has 0 unspecified atom stereocenters. The first kappa shape index (κ1) is 21.5. The molecule has 0 aliphatic carbocycles. The summed E-state index contributed by atoms with van der Waals surface area (Å²) in [6.07, 6.45) is 3.41. The molecule has 3 aromatic carbocycles. The van der Waals surface area contributed by atoms with Gasteiger partial charge < -0.3 is 10.3 Å². The molecule has 0 aliphatic heterocycles. The van der Waals surface area contributed by atoms with E-state index in [1.165, 1.54) is 12.1 Å². The lowest BCUT2D eigenvalue weighted by Crippen LogP contribution is -2.24. The molecule has 7 nitrogen and oxygen atoms in total. The number of rotatable bonds is 7. The lowest BCUT2D eigenvalue weighted by molar-refractivity contribution is 0.102. The molecule has 0 fully saturated rings. The zero-order valence-electron chi connectivity index (χ0n) is 17.4. The number of amides is 1. The first-order chi connectivity index (χ1) is 15.4. The van der Waals surface area contributed by atoms with Crippen LogP contribution in [0.3, 0.4) is 0 Å². The molecule has 3 N–H and O–H groups in total. The number of aromatic nitrogens is 2. The normalized spacial score (nSPS) is 11.3. The standard InChI is InChI=1S/C24H22N4O3S/c1-17-7-12-21(32(30,31)27-16-18-5-3-2-4-6-18)15-22(17)24(29)28-20-10-8-19(9-11-20)23-25-13-14-26-23/h2-15,27H,16H2,1H3,(H,25,26)(H,28,29). The molecule has 162 valence electrons. The smallest absolute Gasteiger partial charge is 0.255 e. The fraction of sp³-hybridized carbons (Fsp3) is 0.0833. The van der Waals surface area contributed by atoms with Crippen molar-refractivity contribution in [2.45, 2.75) is 18.4 Å². The van der Waals surface area contributed by atoms with Crippen LogP contribution in [-0.4, -0.2) is 24.3 Å². The number of hydrogen-bond acceptors (Lipinski definition) is 4. The SMILES string of the molecule is Cc1ccc(S(=O)(=O)NCc2ccccc2)cc1C(=O)Nc1ccc(-c2ncc[nH]2)cc1. The molecule has 0 saturated heterocycles. The second kappa shape index (κ2) is 9.17. The molecule has 0 bridgehead atoms. The first-order valence-corrected chi connectivity index (χ1v) is 11.5. The number of aryl methyl sites for hydroxylation is 1. The van der Waals surface area contributed by atoms with Crippen LogP contribution in [0.4, 0.5) is 5.69 Å². The van der Waals surface area contributed by atoms with Gasteiger partial charge in [0, 0.05) is 35.8 Å². The van der Waals surface area contributed by atoms with Crippen molar-refractivity contribution in [2.75, 3.05) is 5.32 Å². The van der Waals surface area contributed by atoms with Gasteiger partial charge in [-0.1, -0.05) is 36.4 Å². The van der Waals surface area contributed by atoms with Gasteiger partial charge in [-0.3, -0.25) is 4.79 Å². The van der Waals surface area contributed by atoms with E-state index in [9.17, 15) is 13.2 Å². The van der Waals surface area contributed by atoms with Crippen molar-refractivity contribution in [3.05, 3.63) is 102 Å². The van der Waals surface area contributed by atoms with Crippen LogP contribution in [0.1, 0.15) is 21.5 Å². The Bertz CT molecular complexity index is 1320. The third-order valence-corrected chi connectivity index (χ3v) is 6.39. The maximum Gasteiger partial charge on any atom is 0.255 e.